The molecule has 0 saturated carbocycles. The van der Waals surface area contributed by atoms with E-state index in [4.69, 9.17) is 19.9 Å². The fraction of sp³-hybridized carbons (Fsp3) is 0.556. The highest BCUT2D eigenvalue weighted by molar-refractivity contribution is 6.02. The number of benzene rings is 1. The lowest BCUT2D eigenvalue weighted by molar-refractivity contribution is -0.134. The van der Waals surface area contributed by atoms with Gasteiger partial charge in [0.2, 0.25) is 11.8 Å². The monoisotopic (exact) mass is 399 g/mol. The zero-order valence-electron chi connectivity index (χ0n) is 15.5. The van der Waals surface area contributed by atoms with E-state index in [-0.39, 0.29) is 30.3 Å². The summed E-state index contributed by atoms with van der Waals surface area (Å²) in [6.07, 6.45) is 1.33. The first-order chi connectivity index (χ1) is 12.5. The molecule has 0 bridgehead atoms. The second-order valence-electron chi connectivity index (χ2n) is 6.47. The van der Waals surface area contributed by atoms with Gasteiger partial charge in [-0.3, -0.25) is 9.59 Å². The van der Waals surface area contributed by atoms with Gasteiger partial charge in [-0.15, -0.1) is 12.4 Å². The molecule has 0 radical (unpaired) electrons. The number of nitrogens with two attached hydrogens (primary N) is 1. The number of anilines is 1. The fourth-order valence-corrected chi connectivity index (χ4v) is 3.36. The Balaban J connectivity index is 0.00000261. The third kappa shape index (κ3) is 4.63. The Morgan fingerprint density at radius 3 is 2.44 bits per heavy atom. The predicted octanol–water partition coefficient (Wildman–Crippen LogP) is 0.853. The molecule has 2 heterocycles. The molecule has 2 saturated heterocycles. The number of hydrogen-bond acceptors (Lipinski definition) is 6. The van der Waals surface area contributed by atoms with Crippen molar-refractivity contribution in [1.29, 1.82) is 0 Å². The van der Waals surface area contributed by atoms with Crippen LogP contribution in [0.3, 0.4) is 0 Å². The molecule has 0 aliphatic carbocycles. The van der Waals surface area contributed by atoms with Crippen LogP contribution in [0.4, 0.5) is 5.69 Å². The molecule has 27 heavy (non-hydrogen) atoms. The molecule has 0 spiro atoms. The smallest absolute Gasteiger partial charge is 0.249 e. The van der Waals surface area contributed by atoms with Crippen molar-refractivity contribution in [3.8, 4) is 11.5 Å². The summed E-state index contributed by atoms with van der Waals surface area (Å²) in [5.74, 6) is 0.810. The standard InChI is InChI=1S/C18H25N3O5.ClH/c1-24-13-7-11(8-14(9-13)25-2)21-6-5-15(18(21)23)20-17(22)16-4-3-12(10-19)26-16;/h7-9,12,15-16H,3-6,10,19H2,1-2H3,(H,20,22);1H/t12-,15?,16+;/m1./s1. The van der Waals surface area contributed by atoms with E-state index >= 15 is 0 Å². The van der Waals surface area contributed by atoms with Crippen molar-refractivity contribution in [2.75, 3.05) is 32.2 Å². The quantitative estimate of drug-likeness (QED) is 0.735. The van der Waals surface area contributed by atoms with Gasteiger partial charge in [0.1, 0.15) is 23.6 Å². The molecule has 8 nitrogen and oxygen atoms in total. The van der Waals surface area contributed by atoms with E-state index in [1.165, 1.54) is 0 Å². The summed E-state index contributed by atoms with van der Waals surface area (Å²) >= 11 is 0. The number of carbonyl (C=O) groups is 2. The van der Waals surface area contributed by atoms with Crippen LogP contribution >= 0.6 is 12.4 Å². The van der Waals surface area contributed by atoms with E-state index in [0.29, 0.717) is 43.1 Å². The number of nitrogens with one attached hydrogen (secondary N) is 1. The average Bonchev–Trinajstić information content (AvgIpc) is 3.28. The van der Waals surface area contributed by atoms with Crippen LogP contribution in [0.2, 0.25) is 0 Å². The highest BCUT2D eigenvalue weighted by Gasteiger charge is 2.37. The molecule has 3 N–H and O–H groups in total. The molecule has 1 aromatic carbocycles. The maximum absolute atomic E-state index is 12.7. The van der Waals surface area contributed by atoms with Gasteiger partial charge in [0.25, 0.3) is 0 Å². The molecule has 9 heteroatoms. The Bertz CT molecular complexity index is 665. The van der Waals surface area contributed by atoms with Crippen LogP contribution in [0.1, 0.15) is 19.3 Å². The van der Waals surface area contributed by atoms with Gasteiger partial charge in [-0.25, -0.2) is 0 Å². The number of rotatable bonds is 6. The molecule has 3 atom stereocenters. The SMILES string of the molecule is COc1cc(OC)cc(N2CCC(NC(=O)[C@@H]3CC[C@H](CN)O3)C2=O)c1.Cl. The Hall–Kier alpha value is -2.03. The maximum Gasteiger partial charge on any atom is 0.249 e. The Morgan fingerprint density at radius 1 is 1.22 bits per heavy atom. The maximum atomic E-state index is 12.7. The summed E-state index contributed by atoms with van der Waals surface area (Å²) in [6.45, 7) is 0.911. The van der Waals surface area contributed by atoms with Crippen LogP contribution in [0.25, 0.3) is 0 Å². The summed E-state index contributed by atoms with van der Waals surface area (Å²) in [5.41, 5.74) is 6.26. The van der Waals surface area contributed by atoms with E-state index in [0.717, 1.165) is 6.42 Å². The lowest BCUT2D eigenvalue weighted by Crippen LogP contribution is -2.45. The van der Waals surface area contributed by atoms with Gasteiger partial charge >= 0.3 is 0 Å². The third-order valence-corrected chi connectivity index (χ3v) is 4.83. The Labute approximate surface area is 164 Å². The van der Waals surface area contributed by atoms with Crippen molar-refractivity contribution in [3.63, 3.8) is 0 Å². The molecule has 2 fully saturated rings. The normalized spacial score (nSPS) is 24.5. The van der Waals surface area contributed by atoms with Crippen molar-refractivity contribution >= 4 is 29.9 Å². The number of nitrogens with zero attached hydrogens (tertiary/aromatic N) is 1. The summed E-state index contributed by atoms with van der Waals surface area (Å²) in [7, 11) is 3.12. The zero-order chi connectivity index (χ0) is 18.7. The minimum absolute atomic E-state index is 0. The molecule has 3 rings (SSSR count). The number of methoxy groups -OCH3 is 2. The lowest BCUT2D eigenvalue weighted by Gasteiger charge is -2.20. The van der Waals surface area contributed by atoms with Crippen molar-refractivity contribution < 1.29 is 23.8 Å². The number of hydrogen-bond donors (Lipinski definition) is 2. The van der Waals surface area contributed by atoms with Crippen LogP contribution in [0, 0.1) is 0 Å². The first-order valence-corrected chi connectivity index (χ1v) is 8.76. The van der Waals surface area contributed by atoms with Crippen LogP contribution < -0.4 is 25.4 Å². The zero-order valence-corrected chi connectivity index (χ0v) is 16.3. The van der Waals surface area contributed by atoms with E-state index < -0.39 is 12.1 Å². The van der Waals surface area contributed by atoms with Crippen LogP contribution in [0.5, 0.6) is 11.5 Å². The van der Waals surface area contributed by atoms with E-state index in [1.807, 2.05) is 0 Å². The number of ether oxygens (including phenoxy) is 3. The first kappa shape index (κ1) is 21.3. The summed E-state index contributed by atoms with van der Waals surface area (Å²) in [4.78, 5) is 26.7. The van der Waals surface area contributed by atoms with Gasteiger partial charge in [0, 0.05) is 31.3 Å². The largest absolute Gasteiger partial charge is 0.497 e. The minimum Gasteiger partial charge on any atom is -0.497 e. The average molecular weight is 400 g/mol. The fourth-order valence-electron chi connectivity index (χ4n) is 3.36. The van der Waals surface area contributed by atoms with Crippen LogP contribution in [-0.2, 0) is 14.3 Å². The first-order valence-electron chi connectivity index (χ1n) is 8.76. The third-order valence-electron chi connectivity index (χ3n) is 4.83. The van der Waals surface area contributed by atoms with Gasteiger partial charge in [0.05, 0.1) is 26.0 Å². The lowest BCUT2D eigenvalue weighted by atomic mass is 10.1. The van der Waals surface area contributed by atoms with E-state index in [2.05, 4.69) is 5.32 Å². The van der Waals surface area contributed by atoms with Gasteiger partial charge < -0.3 is 30.2 Å². The van der Waals surface area contributed by atoms with Crippen molar-refractivity contribution in [2.24, 2.45) is 5.73 Å². The van der Waals surface area contributed by atoms with E-state index in [9.17, 15) is 9.59 Å². The second kappa shape index (κ2) is 9.25. The highest BCUT2D eigenvalue weighted by atomic mass is 35.5. The van der Waals surface area contributed by atoms with Gasteiger partial charge in [-0.1, -0.05) is 0 Å². The molecule has 0 aromatic heterocycles. The molecule has 150 valence electrons. The molecular formula is C18H26ClN3O5. The molecule has 2 aliphatic heterocycles. The summed E-state index contributed by atoms with van der Waals surface area (Å²) < 4.78 is 16.1. The molecule has 1 unspecified atom stereocenters. The molecule has 2 aliphatic rings. The van der Waals surface area contributed by atoms with Crippen LogP contribution in [-0.4, -0.2) is 57.4 Å². The predicted molar refractivity (Wildman–Crippen MR) is 103 cm³/mol. The van der Waals surface area contributed by atoms with Crippen molar-refractivity contribution in [1.82, 2.24) is 5.32 Å². The van der Waals surface area contributed by atoms with Gasteiger partial charge in [0.15, 0.2) is 0 Å². The van der Waals surface area contributed by atoms with Crippen molar-refractivity contribution in [2.45, 2.75) is 37.5 Å². The van der Waals surface area contributed by atoms with Crippen molar-refractivity contribution in [3.05, 3.63) is 18.2 Å². The summed E-state index contributed by atoms with van der Waals surface area (Å²) in [5, 5.41) is 2.81. The minimum atomic E-state index is -0.555. The molecule has 2 amide bonds. The van der Waals surface area contributed by atoms with Gasteiger partial charge in [-0.05, 0) is 19.3 Å². The Kier molecular flexibility index (Phi) is 7.29. The second-order valence-corrected chi connectivity index (χ2v) is 6.47. The Morgan fingerprint density at radius 2 is 1.89 bits per heavy atom. The topological polar surface area (TPSA) is 103 Å². The number of amides is 2. The summed E-state index contributed by atoms with van der Waals surface area (Å²) in [6, 6.07) is 4.74. The van der Waals surface area contributed by atoms with E-state index in [1.54, 1.807) is 37.3 Å². The van der Waals surface area contributed by atoms with Crippen LogP contribution in [0.15, 0.2) is 18.2 Å². The molecule has 1 aromatic rings. The molecular weight excluding hydrogens is 374 g/mol. The van der Waals surface area contributed by atoms with Gasteiger partial charge in [-0.2, -0.15) is 0 Å². The highest BCUT2D eigenvalue weighted by Crippen LogP contribution is 2.31. The number of halogens is 1. The number of carbonyl (C=O) groups excluding carboxylic acids is 2.